The molecule has 102 valence electrons. The smallest absolute Gasteiger partial charge is 0.0767 e. The summed E-state index contributed by atoms with van der Waals surface area (Å²) in [5, 5.41) is 8.28. The molecule has 2 rings (SSSR count). The van der Waals surface area contributed by atoms with Crippen LogP contribution in [0.1, 0.15) is 31.7 Å². The maximum absolute atomic E-state index is 4.63. The highest BCUT2D eigenvalue weighted by Gasteiger charge is 2.20. The first-order chi connectivity index (χ1) is 8.65. The third-order valence-corrected chi connectivity index (χ3v) is 4.56. The van der Waals surface area contributed by atoms with Gasteiger partial charge in [-0.15, -0.1) is 0 Å². The molecule has 1 atom stereocenters. The molecule has 1 aromatic rings. The van der Waals surface area contributed by atoms with Gasteiger partial charge in [-0.25, -0.2) is 0 Å². The van der Waals surface area contributed by atoms with Gasteiger partial charge in [0, 0.05) is 25.7 Å². The fourth-order valence-electron chi connectivity index (χ4n) is 2.53. The molecule has 1 aliphatic heterocycles. The van der Waals surface area contributed by atoms with Crippen LogP contribution in [0.2, 0.25) is 0 Å². The fourth-order valence-corrected chi connectivity index (χ4v) is 3.23. The summed E-state index contributed by atoms with van der Waals surface area (Å²) in [5.74, 6) is 0. The molecule has 1 fully saturated rings. The van der Waals surface area contributed by atoms with Crippen LogP contribution in [0.4, 0.5) is 0 Å². The first-order valence-corrected chi connectivity index (χ1v) is 7.61. The second-order valence-electron chi connectivity index (χ2n) is 5.01. The molecular formula is C13H23BrN4. The lowest BCUT2D eigenvalue weighted by Crippen LogP contribution is -2.31. The number of likely N-dealkylation sites (N-methyl/N-ethyl adjacent to an activating group) is 1. The standard InChI is InChI=1S/C13H23BrN4/c1-4-11-13(14)12(18(5-2)16-11)8-15-10-6-7-17(3)9-10/h10,15H,4-9H2,1-3H3. The molecule has 1 aromatic heterocycles. The minimum atomic E-state index is 0.618. The molecule has 0 amide bonds. The summed E-state index contributed by atoms with van der Waals surface area (Å²) in [7, 11) is 2.18. The van der Waals surface area contributed by atoms with Crippen LogP contribution in [-0.4, -0.2) is 40.9 Å². The SMILES string of the molecule is CCc1nn(CC)c(CNC2CCN(C)C2)c1Br. The van der Waals surface area contributed by atoms with Crippen molar-refractivity contribution in [2.24, 2.45) is 0 Å². The van der Waals surface area contributed by atoms with E-state index >= 15 is 0 Å². The maximum atomic E-state index is 4.63. The van der Waals surface area contributed by atoms with E-state index in [-0.39, 0.29) is 0 Å². The minimum Gasteiger partial charge on any atom is -0.307 e. The van der Waals surface area contributed by atoms with Gasteiger partial charge in [-0.05, 0) is 49.3 Å². The zero-order valence-corrected chi connectivity index (χ0v) is 13.1. The van der Waals surface area contributed by atoms with Crippen molar-refractivity contribution in [3.05, 3.63) is 15.9 Å². The molecule has 0 aromatic carbocycles. The van der Waals surface area contributed by atoms with Gasteiger partial charge in [0.25, 0.3) is 0 Å². The monoisotopic (exact) mass is 314 g/mol. The number of hydrogen-bond acceptors (Lipinski definition) is 3. The maximum Gasteiger partial charge on any atom is 0.0767 e. The number of rotatable bonds is 5. The van der Waals surface area contributed by atoms with Gasteiger partial charge in [0.15, 0.2) is 0 Å². The van der Waals surface area contributed by atoms with E-state index in [2.05, 4.69) is 56.8 Å². The van der Waals surface area contributed by atoms with Crippen molar-refractivity contribution in [1.82, 2.24) is 20.0 Å². The van der Waals surface area contributed by atoms with Crippen molar-refractivity contribution in [2.75, 3.05) is 20.1 Å². The molecular weight excluding hydrogens is 292 g/mol. The van der Waals surface area contributed by atoms with E-state index in [0.717, 1.165) is 31.7 Å². The number of aryl methyl sites for hydroxylation is 2. The number of hydrogen-bond donors (Lipinski definition) is 1. The van der Waals surface area contributed by atoms with E-state index in [9.17, 15) is 0 Å². The van der Waals surface area contributed by atoms with Crippen LogP contribution in [0.5, 0.6) is 0 Å². The van der Waals surface area contributed by atoms with Gasteiger partial charge >= 0.3 is 0 Å². The zero-order valence-electron chi connectivity index (χ0n) is 11.5. The quantitative estimate of drug-likeness (QED) is 0.902. The molecule has 0 radical (unpaired) electrons. The van der Waals surface area contributed by atoms with Crippen molar-refractivity contribution in [1.29, 1.82) is 0 Å². The molecule has 1 unspecified atom stereocenters. The molecule has 1 aliphatic rings. The number of halogens is 1. The molecule has 2 heterocycles. The van der Waals surface area contributed by atoms with Crippen LogP contribution in [0.15, 0.2) is 4.47 Å². The highest BCUT2D eigenvalue weighted by atomic mass is 79.9. The Morgan fingerprint density at radius 2 is 2.22 bits per heavy atom. The Morgan fingerprint density at radius 1 is 1.44 bits per heavy atom. The Morgan fingerprint density at radius 3 is 2.78 bits per heavy atom. The topological polar surface area (TPSA) is 33.1 Å². The van der Waals surface area contributed by atoms with E-state index in [1.54, 1.807) is 0 Å². The molecule has 1 saturated heterocycles. The molecule has 5 heteroatoms. The third-order valence-electron chi connectivity index (χ3n) is 3.64. The lowest BCUT2D eigenvalue weighted by molar-refractivity contribution is 0.396. The molecule has 1 N–H and O–H groups in total. The van der Waals surface area contributed by atoms with E-state index in [4.69, 9.17) is 0 Å². The molecule has 0 bridgehead atoms. The average Bonchev–Trinajstić information content (AvgIpc) is 2.91. The first kappa shape index (κ1) is 14.0. The summed E-state index contributed by atoms with van der Waals surface area (Å²) in [6.07, 6.45) is 2.22. The predicted molar refractivity (Wildman–Crippen MR) is 77.7 cm³/mol. The average molecular weight is 315 g/mol. The highest BCUT2D eigenvalue weighted by molar-refractivity contribution is 9.10. The first-order valence-electron chi connectivity index (χ1n) is 6.81. The fraction of sp³-hybridized carbons (Fsp3) is 0.769. The predicted octanol–water partition coefficient (Wildman–Crippen LogP) is 2.02. The van der Waals surface area contributed by atoms with Crippen LogP contribution >= 0.6 is 15.9 Å². The Balaban J connectivity index is 2.01. The number of nitrogens with zero attached hydrogens (tertiary/aromatic N) is 3. The summed E-state index contributed by atoms with van der Waals surface area (Å²) in [5.41, 5.74) is 2.45. The van der Waals surface area contributed by atoms with E-state index < -0.39 is 0 Å². The van der Waals surface area contributed by atoms with Crippen molar-refractivity contribution in [3.8, 4) is 0 Å². The summed E-state index contributed by atoms with van der Waals surface area (Å²) in [6.45, 7) is 8.48. The molecule has 0 aliphatic carbocycles. The number of aromatic nitrogens is 2. The summed E-state index contributed by atoms with van der Waals surface area (Å²) in [6, 6.07) is 0.618. The summed E-state index contributed by atoms with van der Waals surface area (Å²) < 4.78 is 3.29. The Bertz CT molecular complexity index is 402. The van der Waals surface area contributed by atoms with Crippen LogP contribution in [0.25, 0.3) is 0 Å². The second-order valence-corrected chi connectivity index (χ2v) is 5.80. The van der Waals surface area contributed by atoms with Gasteiger partial charge in [-0.2, -0.15) is 5.10 Å². The zero-order chi connectivity index (χ0) is 13.1. The Labute approximate surface area is 118 Å². The van der Waals surface area contributed by atoms with Gasteiger partial charge in [-0.3, -0.25) is 4.68 Å². The van der Waals surface area contributed by atoms with Gasteiger partial charge in [0.1, 0.15) is 0 Å². The van der Waals surface area contributed by atoms with Crippen molar-refractivity contribution >= 4 is 15.9 Å². The number of nitrogens with one attached hydrogen (secondary N) is 1. The summed E-state index contributed by atoms with van der Waals surface area (Å²) >= 11 is 3.69. The van der Waals surface area contributed by atoms with Crippen molar-refractivity contribution in [3.63, 3.8) is 0 Å². The third kappa shape index (κ3) is 2.95. The Kier molecular flexibility index (Phi) is 4.81. The second kappa shape index (κ2) is 6.17. The highest BCUT2D eigenvalue weighted by Crippen LogP contribution is 2.22. The number of likely N-dealkylation sites (tertiary alicyclic amines) is 1. The normalized spacial score (nSPS) is 20.8. The van der Waals surface area contributed by atoms with Crippen LogP contribution < -0.4 is 5.32 Å². The minimum absolute atomic E-state index is 0.618. The molecule has 0 saturated carbocycles. The van der Waals surface area contributed by atoms with Gasteiger partial charge in [0.2, 0.25) is 0 Å². The van der Waals surface area contributed by atoms with Crippen molar-refractivity contribution < 1.29 is 0 Å². The van der Waals surface area contributed by atoms with Gasteiger partial charge in [0.05, 0.1) is 15.9 Å². The van der Waals surface area contributed by atoms with Crippen LogP contribution in [-0.2, 0) is 19.5 Å². The van der Waals surface area contributed by atoms with Crippen molar-refractivity contribution in [2.45, 2.75) is 45.8 Å². The lowest BCUT2D eigenvalue weighted by Gasteiger charge is -2.13. The Hall–Kier alpha value is -0.390. The molecule has 0 spiro atoms. The largest absolute Gasteiger partial charge is 0.307 e. The van der Waals surface area contributed by atoms with E-state index in [0.29, 0.717) is 6.04 Å². The lowest BCUT2D eigenvalue weighted by atomic mass is 10.2. The van der Waals surface area contributed by atoms with Gasteiger partial charge in [-0.1, -0.05) is 6.92 Å². The van der Waals surface area contributed by atoms with E-state index in [1.165, 1.54) is 23.1 Å². The van der Waals surface area contributed by atoms with Gasteiger partial charge < -0.3 is 10.2 Å². The van der Waals surface area contributed by atoms with Crippen LogP contribution in [0, 0.1) is 0 Å². The summed E-state index contributed by atoms with van der Waals surface area (Å²) in [4.78, 5) is 2.38. The molecule has 4 nitrogen and oxygen atoms in total. The van der Waals surface area contributed by atoms with Crippen LogP contribution in [0.3, 0.4) is 0 Å². The molecule has 18 heavy (non-hydrogen) atoms. The van der Waals surface area contributed by atoms with E-state index in [1.807, 2.05) is 0 Å².